The molecule has 3 aromatic rings. The molecule has 0 aliphatic heterocycles. The minimum Gasteiger partial charge on any atom is -0.494 e. The number of aromatic nitrogens is 1. The van der Waals surface area contributed by atoms with Crippen LogP contribution in [0.25, 0.3) is 10.2 Å². The fourth-order valence-electron chi connectivity index (χ4n) is 2.07. The number of methoxy groups -OCH3 is 1. The first-order valence-electron chi connectivity index (χ1n) is 6.88. The molecule has 118 valence electrons. The van der Waals surface area contributed by atoms with E-state index in [1.807, 2.05) is 30.3 Å². The number of thiazole rings is 1. The van der Waals surface area contributed by atoms with Crippen LogP contribution in [0.5, 0.6) is 5.75 Å². The maximum absolute atomic E-state index is 12.0. The minimum atomic E-state index is -0.307. The molecule has 7 heteroatoms. The molecule has 0 spiro atoms. The number of carbonyl (C=O) groups is 1. The highest BCUT2D eigenvalue weighted by Crippen LogP contribution is 2.31. The molecule has 0 unspecified atom stereocenters. The standard InChI is InChI=1S/C16H14ClN3O2S/c1-22-12-3-2-4-13-14(12)19-16(23-13)20-15(21)18-9-10-5-7-11(17)8-6-10/h2-8H,9H2,1H3,(H2,18,19,20,21). The topological polar surface area (TPSA) is 63.2 Å². The molecule has 2 N–H and O–H groups in total. The first kappa shape index (κ1) is 15.6. The quantitative estimate of drug-likeness (QED) is 0.740. The van der Waals surface area contributed by atoms with Gasteiger partial charge in [-0.05, 0) is 29.8 Å². The van der Waals surface area contributed by atoms with Crippen molar-refractivity contribution in [3.8, 4) is 5.75 Å². The molecule has 0 radical (unpaired) electrons. The lowest BCUT2D eigenvalue weighted by Crippen LogP contribution is -2.28. The van der Waals surface area contributed by atoms with Crippen molar-refractivity contribution in [2.24, 2.45) is 0 Å². The third kappa shape index (κ3) is 3.72. The Bertz CT molecular complexity index is 833. The van der Waals surface area contributed by atoms with Crippen molar-refractivity contribution in [1.82, 2.24) is 10.3 Å². The number of fused-ring (bicyclic) bond motifs is 1. The molecule has 0 aliphatic rings. The van der Waals surface area contributed by atoms with Crippen LogP contribution in [0, 0.1) is 0 Å². The Morgan fingerprint density at radius 1 is 1.26 bits per heavy atom. The van der Waals surface area contributed by atoms with Crippen LogP contribution in [-0.4, -0.2) is 18.1 Å². The molecule has 3 rings (SSSR count). The van der Waals surface area contributed by atoms with Gasteiger partial charge in [-0.3, -0.25) is 5.32 Å². The van der Waals surface area contributed by atoms with Crippen molar-refractivity contribution in [1.29, 1.82) is 0 Å². The highest BCUT2D eigenvalue weighted by atomic mass is 35.5. The van der Waals surface area contributed by atoms with Gasteiger partial charge in [-0.15, -0.1) is 0 Å². The predicted octanol–water partition coefficient (Wildman–Crippen LogP) is 4.28. The van der Waals surface area contributed by atoms with Gasteiger partial charge in [-0.1, -0.05) is 41.1 Å². The molecule has 0 atom stereocenters. The first-order chi connectivity index (χ1) is 11.2. The molecule has 0 aliphatic carbocycles. The fourth-order valence-corrected chi connectivity index (χ4v) is 3.07. The van der Waals surface area contributed by atoms with Crippen molar-refractivity contribution in [3.63, 3.8) is 0 Å². The maximum atomic E-state index is 12.0. The van der Waals surface area contributed by atoms with Crippen molar-refractivity contribution in [2.75, 3.05) is 12.4 Å². The molecule has 5 nitrogen and oxygen atoms in total. The van der Waals surface area contributed by atoms with E-state index in [-0.39, 0.29) is 6.03 Å². The number of rotatable bonds is 4. The average Bonchev–Trinajstić information content (AvgIpc) is 2.96. The number of halogens is 1. The van der Waals surface area contributed by atoms with Crippen LogP contribution in [-0.2, 0) is 6.54 Å². The Labute approximate surface area is 142 Å². The van der Waals surface area contributed by atoms with E-state index in [1.54, 1.807) is 19.2 Å². The summed E-state index contributed by atoms with van der Waals surface area (Å²) in [6.07, 6.45) is 0. The number of hydrogen-bond acceptors (Lipinski definition) is 4. The van der Waals surface area contributed by atoms with Crippen molar-refractivity contribution >= 4 is 44.3 Å². The zero-order chi connectivity index (χ0) is 16.2. The average molecular weight is 348 g/mol. The van der Waals surface area contributed by atoms with Crippen LogP contribution in [0.15, 0.2) is 42.5 Å². The summed E-state index contributed by atoms with van der Waals surface area (Å²) in [5.74, 6) is 0.688. The van der Waals surface area contributed by atoms with Crippen LogP contribution in [0.2, 0.25) is 5.02 Å². The van der Waals surface area contributed by atoms with Gasteiger partial charge in [0.1, 0.15) is 11.3 Å². The number of para-hydroxylation sites is 1. The highest BCUT2D eigenvalue weighted by molar-refractivity contribution is 7.22. The zero-order valence-corrected chi connectivity index (χ0v) is 13.9. The van der Waals surface area contributed by atoms with E-state index < -0.39 is 0 Å². The number of nitrogens with one attached hydrogen (secondary N) is 2. The number of hydrogen-bond donors (Lipinski definition) is 2. The number of anilines is 1. The van der Waals surface area contributed by atoms with Gasteiger partial charge >= 0.3 is 6.03 Å². The zero-order valence-electron chi connectivity index (χ0n) is 12.3. The Morgan fingerprint density at radius 2 is 2.04 bits per heavy atom. The second-order valence-corrected chi connectivity index (χ2v) is 6.23. The molecule has 0 fully saturated rings. The van der Waals surface area contributed by atoms with E-state index in [1.165, 1.54) is 11.3 Å². The lowest BCUT2D eigenvalue weighted by molar-refractivity contribution is 0.251. The second-order valence-electron chi connectivity index (χ2n) is 4.76. The van der Waals surface area contributed by atoms with Gasteiger partial charge in [0.05, 0.1) is 11.8 Å². The summed E-state index contributed by atoms with van der Waals surface area (Å²) in [6.45, 7) is 0.414. The van der Waals surface area contributed by atoms with Gasteiger partial charge in [0.25, 0.3) is 0 Å². The van der Waals surface area contributed by atoms with Crippen LogP contribution in [0.4, 0.5) is 9.93 Å². The fraction of sp³-hybridized carbons (Fsp3) is 0.125. The van der Waals surface area contributed by atoms with Crippen LogP contribution >= 0.6 is 22.9 Å². The van der Waals surface area contributed by atoms with Crippen LogP contribution in [0.1, 0.15) is 5.56 Å². The molecular formula is C16H14ClN3O2S. The molecule has 1 heterocycles. The smallest absolute Gasteiger partial charge is 0.321 e. The van der Waals surface area contributed by atoms with E-state index in [9.17, 15) is 4.79 Å². The van der Waals surface area contributed by atoms with E-state index >= 15 is 0 Å². The lowest BCUT2D eigenvalue weighted by Gasteiger charge is -2.05. The SMILES string of the molecule is COc1cccc2sc(NC(=O)NCc3ccc(Cl)cc3)nc12. The van der Waals surface area contributed by atoms with Gasteiger partial charge in [-0.25, -0.2) is 9.78 Å². The third-order valence-electron chi connectivity index (χ3n) is 3.19. The Morgan fingerprint density at radius 3 is 2.78 bits per heavy atom. The molecule has 0 saturated carbocycles. The molecule has 0 bridgehead atoms. The number of urea groups is 1. The summed E-state index contributed by atoms with van der Waals surface area (Å²) in [6, 6.07) is 12.7. The second kappa shape index (κ2) is 6.85. The predicted molar refractivity (Wildman–Crippen MR) is 93.5 cm³/mol. The summed E-state index contributed by atoms with van der Waals surface area (Å²) in [5.41, 5.74) is 1.71. The Hall–Kier alpha value is -2.31. The summed E-state index contributed by atoms with van der Waals surface area (Å²) >= 11 is 7.23. The van der Waals surface area contributed by atoms with E-state index in [0.29, 0.717) is 22.4 Å². The third-order valence-corrected chi connectivity index (χ3v) is 4.38. The molecule has 1 aromatic heterocycles. The maximum Gasteiger partial charge on any atom is 0.321 e. The Balaban J connectivity index is 1.64. The van der Waals surface area contributed by atoms with Crippen LogP contribution < -0.4 is 15.4 Å². The number of benzene rings is 2. The molecular weight excluding hydrogens is 334 g/mol. The number of ether oxygens (including phenoxy) is 1. The number of carbonyl (C=O) groups excluding carboxylic acids is 1. The van der Waals surface area contributed by atoms with Gasteiger partial charge < -0.3 is 10.1 Å². The lowest BCUT2D eigenvalue weighted by atomic mass is 10.2. The van der Waals surface area contributed by atoms with Crippen molar-refractivity contribution in [3.05, 3.63) is 53.1 Å². The van der Waals surface area contributed by atoms with E-state index in [0.717, 1.165) is 15.8 Å². The summed E-state index contributed by atoms with van der Waals surface area (Å²) in [4.78, 5) is 16.4. The largest absolute Gasteiger partial charge is 0.494 e. The number of nitrogens with zero attached hydrogens (tertiary/aromatic N) is 1. The molecule has 2 aromatic carbocycles. The summed E-state index contributed by atoms with van der Waals surface area (Å²) in [5, 5.41) is 6.72. The number of amides is 2. The molecule has 0 saturated heterocycles. The monoisotopic (exact) mass is 347 g/mol. The summed E-state index contributed by atoms with van der Waals surface area (Å²) < 4.78 is 6.22. The summed E-state index contributed by atoms with van der Waals surface area (Å²) in [7, 11) is 1.60. The molecule has 23 heavy (non-hydrogen) atoms. The molecule has 2 amide bonds. The highest BCUT2D eigenvalue weighted by Gasteiger charge is 2.10. The Kier molecular flexibility index (Phi) is 4.64. The minimum absolute atomic E-state index is 0.307. The van der Waals surface area contributed by atoms with Crippen molar-refractivity contribution in [2.45, 2.75) is 6.54 Å². The van der Waals surface area contributed by atoms with Crippen molar-refractivity contribution < 1.29 is 9.53 Å². The van der Waals surface area contributed by atoms with E-state index in [2.05, 4.69) is 15.6 Å². The van der Waals surface area contributed by atoms with E-state index in [4.69, 9.17) is 16.3 Å². The van der Waals surface area contributed by atoms with Gasteiger partial charge in [0.15, 0.2) is 5.13 Å². The first-order valence-corrected chi connectivity index (χ1v) is 8.08. The normalized spacial score (nSPS) is 10.5. The van der Waals surface area contributed by atoms with Gasteiger partial charge in [0, 0.05) is 11.6 Å². The van der Waals surface area contributed by atoms with Gasteiger partial charge in [-0.2, -0.15) is 0 Å². The van der Waals surface area contributed by atoms with Gasteiger partial charge in [0.2, 0.25) is 0 Å². The van der Waals surface area contributed by atoms with Crippen LogP contribution in [0.3, 0.4) is 0 Å².